The monoisotopic (exact) mass is 314 g/mol. The Morgan fingerprint density at radius 2 is 2.00 bits per heavy atom. The van der Waals surface area contributed by atoms with Crippen molar-refractivity contribution in [2.75, 3.05) is 25.5 Å². The molecule has 0 saturated carbocycles. The lowest BCUT2D eigenvalue weighted by molar-refractivity contribution is 0.128. The van der Waals surface area contributed by atoms with E-state index in [0.717, 1.165) is 12.0 Å². The maximum absolute atomic E-state index is 12.3. The Balaban J connectivity index is 2.56. The summed E-state index contributed by atoms with van der Waals surface area (Å²) >= 11 is 0. The molecule has 0 unspecified atom stereocenters. The summed E-state index contributed by atoms with van der Waals surface area (Å²) in [6, 6.07) is 4.97. The molecule has 0 radical (unpaired) electrons. The Morgan fingerprint density at radius 1 is 1.29 bits per heavy atom. The van der Waals surface area contributed by atoms with Gasteiger partial charge in [-0.05, 0) is 36.5 Å². The smallest absolute Gasteiger partial charge is 0.240 e. The van der Waals surface area contributed by atoms with Crippen LogP contribution in [-0.2, 0) is 21.2 Å². The molecular weight excluding hydrogens is 288 g/mol. The van der Waals surface area contributed by atoms with Crippen molar-refractivity contribution in [1.29, 1.82) is 0 Å². The van der Waals surface area contributed by atoms with Crippen molar-refractivity contribution in [2.24, 2.45) is 5.92 Å². The van der Waals surface area contributed by atoms with Crippen LogP contribution in [0.5, 0.6) is 0 Å². The van der Waals surface area contributed by atoms with Crippen molar-refractivity contribution in [3.05, 3.63) is 23.8 Å². The van der Waals surface area contributed by atoms with Crippen molar-refractivity contribution in [3.8, 4) is 0 Å². The summed E-state index contributed by atoms with van der Waals surface area (Å²) in [4.78, 5) is 0.257. The summed E-state index contributed by atoms with van der Waals surface area (Å²) in [7, 11) is -3.54. The molecule has 0 bridgehead atoms. The fourth-order valence-electron chi connectivity index (χ4n) is 1.86. The molecule has 3 N–H and O–H groups in total. The highest BCUT2D eigenvalue weighted by Gasteiger charge is 2.17. The second-order valence-electron chi connectivity index (χ2n) is 5.41. The Morgan fingerprint density at radius 3 is 2.62 bits per heavy atom. The summed E-state index contributed by atoms with van der Waals surface area (Å²) in [5.41, 5.74) is 6.89. The number of anilines is 1. The molecule has 0 saturated heterocycles. The number of ether oxygens (including phenoxy) is 1. The van der Waals surface area contributed by atoms with Gasteiger partial charge in [-0.15, -0.1) is 0 Å². The summed E-state index contributed by atoms with van der Waals surface area (Å²) < 4.78 is 32.5. The first kappa shape index (κ1) is 17.9. The molecule has 1 aromatic carbocycles. The predicted molar refractivity (Wildman–Crippen MR) is 85.7 cm³/mol. The van der Waals surface area contributed by atoms with Crippen molar-refractivity contribution < 1.29 is 13.2 Å². The molecule has 0 heterocycles. The van der Waals surface area contributed by atoms with Crippen LogP contribution in [0.3, 0.4) is 0 Å². The molecule has 0 aliphatic rings. The molecule has 0 fully saturated rings. The standard InChI is InChI=1S/C15H26N2O3S/c1-4-13-5-6-14(16)11-15(13)21(18,19)17-8-10-20-9-7-12(2)3/h5-6,11-12,17H,4,7-10,16H2,1-3H3. The molecule has 21 heavy (non-hydrogen) atoms. The molecule has 1 aromatic rings. The SMILES string of the molecule is CCc1ccc(N)cc1S(=O)(=O)NCCOCCC(C)C. The average molecular weight is 314 g/mol. The maximum atomic E-state index is 12.3. The zero-order valence-corrected chi connectivity index (χ0v) is 13.9. The van der Waals surface area contributed by atoms with Gasteiger partial charge < -0.3 is 10.5 Å². The third-order valence-corrected chi connectivity index (χ3v) is 4.68. The molecule has 0 aliphatic carbocycles. The molecule has 0 aliphatic heterocycles. The summed E-state index contributed by atoms with van der Waals surface area (Å²) in [6.45, 7) is 7.45. The molecule has 0 aromatic heterocycles. The number of hydrogen-bond donors (Lipinski definition) is 2. The average Bonchev–Trinajstić information content (AvgIpc) is 2.42. The van der Waals surface area contributed by atoms with Crippen LogP contribution < -0.4 is 10.5 Å². The third kappa shape index (κ3) is 6.03. The van der Waals surface area contributed by atoms with Crippen LogP contribution in [0.25, 0.3) is 0 Å². The molecule has 120 valence electrons. The molecule has 0 spiro atoms. The fraction of sp³-hybridized carbons (Fsp3) is 0.600. The number of sulfonamides is 1. The second kappa shape index (κ2) is 8.36. The van der Waals surface area contributed by atoms with Crippen LogP contribution in [-0.4, -0.2) is 28.2 Å². The minimum Gasteiger partial charge on any atom is -0.399 e. The van der Waals surface area contributed by atoms with Crippen molar-refractivity contribution in [2.45, 2.75) is 38.5 Å². The highest BCUT2D eigenvalue weighted by Crippen LogP contribution is 2.19. The van der Waals surface area contributed by atoms with Gasteiger partial charge in [0.05, 0.1) is 11.5 Å². The van der Waals surface area contributed by atoms with E-state index in [2.05, 4.69) is 18.6 Å². The Kier molecular flexibility index (Phi) is 7.14. The van der Waals surface area contributed by atoms with Gasteiger partial charge in [-0.2, -0.15) is 0 Å². The van der Waals surface area contributed by atoms with Gasteiger partial charge in [0.25, 0.3) is 0 Å². The topological polar surface area (TPSA) is 81.4 Å². The summed E-state index contributed by atoms with van der Waals surface area (Å²) in [5, 5.41) is 0. The zero-order chi connectivity index (χ0) is 15.9. The minimum atomic E-state index is -3.54. The van der Waals surface area contributed by atoms with Gasteiger partial charge in [0, 0.05) is 18.8 Å². The molecule has 1 rings (SSSR count). The molecule has 5 nitrogen and oxygen atoms in total. The zero-order valence-electron chi connectivity index (χ0n) is 13.1. The fourth-order valence-corrected chi connectivity index (χ4v) is 3.22. The van der Waals surface area contributed by atoms with Crippen LogP contribution in [0, 0.1) is 5.92 Å². The van der Waals surface area contributed by atoms with Crippen molar-refractivity contribution in [1.82, 2.24) is 4.72 Å². The highest BCUT2D eigenvalue weighted by atomic mass is 32.2. The lowest BCUT2D eigenvalue weighted by atomic mass is 10.1. The summed E-state index contributed by atoms with van der Waals surface area (Å²) in [6.07, 6.45) is 1.61. The quantitative estimate of drug-likeness (QED) is 0.540. The Labute approximate surface area is 127 Å². The molecule has 0 atom stereocenters. The van der Waals surface area contributed by atoms with Gasteiger partial charge in [-0.3, -0.25) is 0 Å². The van der Waals surface area contributed by atoms with Crippen molar-refractivity contribution >= 4 is 15.7 Å². The largest absolute Gasteiger partial charge is 0.399 e. The lowest BCUT2D eigenvalue weighted by Gasteiger charge is -2.12. The number of aryl methyl sites for hydroxylation is 1. The number of rotatable bonds is 9. The molecular formula is C15H26N2O3S. The van der Waals surface area contributed by atoms with Crippen LogP contribution in [0.2, 0.25) is 0 Å². The van der Waals surface area contributed by atoms with Crippen LogP contribution in [0.15, 0.2) is 23.1 Å². The summed E-state index contributed by atoms with van der Waals surface area (Å²) in [5.74, 6) is 0.584. The van der Waals surface area contributed by atoms with Gasteiger partial charge in [0.1, 0.15) is 0 Å². The first-order chi connectivity index (χ1) is 9.86. The Hall–Kier alpha value is -1.11. The molecule has 6 heteroatoms. The minimum absolute atomic E-state index is 0.257. The van der Waals surface area contributed by atoms with E-state index in [4.69, 9.17) is 10.5 Å². The number of hydrogen-bond acceptors (Lipinski definition) is 4. The van der Waals surface area contributed by atoms with Gasteiger partial charge in [-0.1, -0.05) is 26.8 Å². The lowest BCUT2D eigenvalue weighted by Crippen LogP contribution is -2.28. The molecule has 0 amide bonds. The Bertz CT molecular complexity index is 542. The predicted octanol–water partition coefficient (Wildman–Crippen LogP) is 2.17. The van der Waals surface area contributed by atoms with E-state index in [9.17, 15) is 8.42 Å². The van der Waals surface area contributed by atoms with E-state index in [1.165, 1.54) is 6.07 Å². The van der Waals surface area contributed by atoms with Crippen LogP contribution >= 0.6 is 0 Å². The van der Waals surface area contributed by atoms with Crippen LogP contribution in [0.1, 0.15) is 32.8 Å². The van der Waals surface area contributed by atoms with E-state index in [1.54, 1.807) is 12.1 Å². The van der Waals surface area contributed by atoms with Gasteiger partial charge in [0.15, 0.2) is 0 Å². The first-order valence-corrected chi connectivity index (χ1v) is 8.81. The second-order valence-corrected chi connectivity index (χ2v) is 7.15. The van der Waals surface area contributed by atoms with E-state index in [0.29, 0.717) is 31.2 Å². The van der Waals surface area contributed by atoms with Crippen molar-refractivity contribution in [3.63, 3.8) is 0 Å². The van der Waals surface area contributed by atoms with Crippen LogP contribution in [0.4, 0.5) is 5.69 Å². The number of nitrogen functional groups attached to an aromatic ring is 1. The van der Waals surface area contributed by atoms with E-state index in [-0.39, 0.29) is 11.4 Å². The highest BCUT2D eigenvalue weighted by molar-refractivity contribution is 7.89. The van der Waals surface area contributed by atoms with E-state index in [1.807, 2.05) is 6.92 Å². The van der Waals surface area contributed by atoms with Gasteiger partial charge >= 0.3 is 0 Å². The number of benzene rings is 1. The number of nitrogens with two attached hydrogens (primary N) is 1. The van der Waals surface area contributed by atoms with E-state index >= 15 is 0 Å². The van der Waals surface area contributed by atoms with E-state index < -0.39 is 10.0 Å². The third-order valence-electron chi connectivity index (χ3n) is 3.14. The number of nitrogens with one attached hydrogen (secondary N) is 1. The van der Waals surface area contributed by atoms with Gasteiger partial charge in [0.2, 0.25) is 10.0 Å². The maximum Gasteiger partial charge on any atom is 0.240 e. The normalized spacial score (nSPS) is 12.0. The first-order valence-electron chi connectivity index (χ1n) is 7.32. The van der Waals surface area contributed by atoms with Gasteiger partial charge in [-0.25, -0.2) is 13.1 Å².